The number of rotatable bonds is 9. The highest BCUT2D eigenvalue weighted by Gasteiger charge is 2.24. The van der Waals surface area contributed by atoms with Crippen molar-refractivity contribution >= 4 is 18.0 Å². The molecule has 182 valence electrons. The Bertz CT molecular complexity index is 968. The third kappa shape index (κ3) is 7.50. The molecule has 0 radical (unpaired) electrons. The zero-order chi connectivity index (χ0) is 24.3. The van der Waals surface area contributed by atoms with Crippen molar-refractivity contribution in [2.45, 2.75) is 45.6 Å². The summed E-state index contributed by atoms with van der Waals surface area (Å²) in [7, 11) is 0. The van der Waals surface area contributed by atoms with E-state index >= 15 is 0 Å². The van der Waals surface area contributed by atoms with E-state index in [1.165, 1.54) is 0 Å². The molecule has 3 rings (SSSR count). The minimum absolute atomic E-state index is 0.0106. The van der Waals surface area contributed by atoms with Gasteiger partial charge in [0.2, 0.25) is 5.91 Å². The second kappa shape index (κ2) is 12.6. The molecule has 1 fully saturated rings. The Kier molecular flexibility index (Phi) is 9.31. The van der Waals surface area contributed by atoms with Crippen LogP contribution in [-0.2, 0) is 9.53 Å². The molecule has 0 aliphatic carbocycles. The highest BCUT2D eigenvalue weighted by Crippen LogP contribution is 2.18. The quantitative estimate of drug-likeness (QED) is 0.338. The van der Waals surface area contributed by atoms with E-state index in [0.717, 1.165) is 11.3 Å². The van der Waals surface area contributed by atoms with Crippen LogP contribution in [0, 0.1) is 6.92 Å². The van der Waals surface area contributed by atoms with Gasteiger partial charge in [-0.1, -0.05) is 18.2 Å². The van der Waals surface area contributed by atoms with Crippen LogP contribution in [0.2, 0.25) is 0 Å². The van der Waals surface area contributed by atoms with Crippen LogP contribution in [0.15, 0.2) is 48.5 Å². The Morgan fingerprint density at radius 1 is 1.03 bits per heavy atom. The maximum atomic E-state index is 12.5. The molecular formula is C26H32N2O6. The lowest BCUT2D eigenvalue weighted by molar-refractivity contribution is -0.132. The summed E-state index contributed by atoms with van der Waals surface area (Å²) in [6.45, 7) is 5.67. The Morgan fingerprint density at radius 2 is 1.74 bits per heavy atom. The highest BCUT2D eigenvalue weighted by atomic mass is 16.7. The second-order valence-corrected chi connectivity index (χ2v) is 8.16. The number of piperidine rings is 1. The predicted molar refractivity (Wildman–Crippen MR) is 127 cm³/mol. The monoisotopic (exact) mass is 468 g/mol. The van der Waals surface area contributed by atoms with Gasteiger partial charge in [0.1, 0.15) is 11.5 Å². The maximum absolute atomic E-state index is 12.5. The molecule has 0 bridgehead atoms. The lowest BCUT2D eigenvalue weighted by atomic mass is 10.0. The van der Waals surface area contributed by atoms with Crippen molar-refractivity contribution in [3.05, 3.63) is 59.7 Å². The van der Waals surface area contributed by atoms with E-state index < -0.39 is 6.16 Å². The first-order chi connectivity index (χ1) is 16.5. The van der Waals surface area contributed by atoms with Crippen molar-refractivity contribution in [2.24, 2.45) is 0 Å². The fraction of sp³-hybridized carbons (Fsp3) is 0.423. The van der Waals surface area contributed by atoms with E-state index in [4.69, 9.17) is 14.2 Å². The zero-order valence-electron chi connectivity index (χ0n) is 19.7. The van der Waals surface area contributed by atoms with Crippen LogP contribution in [0.1, 0.15) is 48.5 Å². The Balaban J connectivity index is 1.35. The van der Waals surface area contributed by atoms with Gasteiger partial charge in [0.25, 0.3) is 5.91 Å². The van der Waals surface area contributed by atoms with Crippen molar-refractivity contribution in [3.63, 3.8) is 0 Å². The average Bonchev–Trinajstić information content (AvgIpc) is 2.83. The molecule has 0 saturated carbocycles. The fourth-order valence-corrected chi connectivity index (χ4v) is 3.74. The number of para-hydroxylation sites is 1. The van der Waals surface area contributed by atoms with Crippen LogP contribution in [0.3, 0.4) is 0 Å². The first-order valence-electron chi connectivity index (χ1n) is 11.7. The van der Waals surface area contributed by atoms with Crippen molar-refractivity contribution in [3.8, 4) is 11.5 Å². The number of carbonyl (C=O) groups is 3. The van der Waals surface area contributed by atoms with Crippen LogP contribution in [0.5, 0.6) is 11.5 Å². The summed E-state index contributed by atoms with van der Waals surface area (Å²) in [6, 6.07) is 14.1. The Morgan fingerprint density at radius 3 is 2.41 bits per heavy atom. The number of aryl methyl sites for hydroxylation is 1. The number of hydrogen-bond donors (Lipinski definition) is 1. The first kappa shape index (κ1) is 25.1. The van der Waals surface area contributed by atoms with Crippen LogP contribution in [-0.4, -0.2) is 55.2 Å². The maximum Gasteiger partial charge on any atom is 0.513 e. The molecule has 0 unspecified atom stereocenters. The smallest absolute Gasteiger partial charge is 0.493 e. The van der Waals surface area contributed by atoms with Gasteiger partial charge in [-0.2, -0.15) is 0 Å². The number of carbonyl (C=O) groups excluding carboxylic acids is 3. The predicted octanol–water partition coefficient (Wildman–Crippen LogP) is 4.11. The molecule has 8 heteroatoms. The first-order valence-corrected chi connectivity index (χ1v) is 11.7. The van der Waals surface area contributed by atoms with Crippen LogP contribution < -0.4 is 14.8 Å². The van der Waals surface area contributed by atoms with E-state index in [9.17, 15) is 14.4 Å². The molecule has 0 spiro atoms. The molecule has 1 heterocycles. The molecule has 34 heavy (non-hydrogen) atoms. The van der Waals surface area contributed by atoms with Crippen molar-refractivity contribution < 1.29 is 28.6 Å². The molecule has 1 aliphatic heterocycles. The van der Waals surface area contributed by atoms with Crippen LogP contribution in [0.25, 0.3) is 0 Å². The highest BCUT2D eigenvalue weighted by molar-refractivity contribution is 5.94. The van der Waals surface area contributed by atoms with Crippen LogP contribution >= 0.6 is 0 Å². The summed E-state index contributed by atoms with van der Waals surface area (Å²) in [5.74, 6) is 1.09. The van der Waals surface area contributed by atoms with E-state index in [-0.39, 0.29) is 24.5 Å². The summed E-state index contributed by atoms with van der Waals surface area (Å²) in [4.78, 5) is 38.3. The van der Waals surface area contributed by atoms with Crippen molar-refractivity contribution in [1.29, 1.82) is 0 Å². The number of ether oxygens (including phenoxy) is 3. The van der Waals surface area contributed by atoms with Gasteiger partial charge in [-0.05, 0) is 69.0 Å². The van der Waals surface area contributed by atoms with Gasteiger partial charge in [-0.15, -0.1) is 0 Å². The van der Waals surface area contributed by atoms with Gasteiger partial charge in [0.05, 0.1) is 13.2 Å². The van der Waals surface area contributed by atoms with Gasteiger partial charge in [-0.3, -0.25) is 9.59 Å². The van der Waals surface area contributed by atoms with Crippen molar-refractivity contribution in [2.75, 3.05) is 26.3 Å². The third-order valence-corrected chi connectivity index (χ3v) is 5.65. The molecule has 1 aliphatic rings. The summed E-state index contributed by atoms with van der Waals surface area (Å²) >= 11 is 0. The lowest BCUT2D eigenvalue weighted by Gasteiger charge is -2.32. The van der Waals surface area contributed by atoms with Gasteiger partial charge >= 0.3 is 6.16 Å². The summed E-state index contributed by atoms with van der Waals surface area (Å²) in [5.41, 5.74) is 1.56. The number of likely N-dealkylation sites (tertiary alicyclic amines) is 1. The summed E-state index contributed by atoms with van der Waals surface area (Å²) in [5, 5.41) is 3.02. The SMILES string of the molecule is CCOC(=O)Oc1ccc(C(=O)NC2CCN(C(=O)CCCOc3ccccc3C)CC2)cc1. The third-order valence-electron chi connectivity index (χ3n) is 5.65. The Labute approximate surface area is 200 Å². The molecule has 1 saturated heterocycles. The standard InChI is InChI=1S/C26H32N2O6/c1-3-32-26(31)34-22-12-10-20(11-13-22)25(30)27-21-14-16-28(17-15-21)24(29)9-6-18-33-23-8-5-4-7-19(23)2/h4-5,7-8,10-13,21H,3,6,9,14-18H2,1-2H3,(H,27,30). The molecule has 2 aromatic carbocycles. The number of hydrogen-bond acceptors (Lipinski definition) is 6. The van der Waals surface area contributed by atoms with Gasteiger partial charge in [-0.25, -0.2) is 4.79 Å². The number of benzene rings is 2. The molecule has 1 N–H and O–H groups in total. The molecular weight excluding hydrogens is 436 g/mol. The van der Waals surface area contributed by atoms with Crippen molar-refractivity contribution in [1.82, 2.24) is 10.2 Å². The minimum Gasteiger partial charge on any atom is -0.493 e. The van der Waals surface area contributed by atoms with Gasteiger partial charge in [0.15, 0.2) is 0 Å². The van der Waals surface area contributed by atoms with Gasteiger partial charge < -0.3 is 24.4 Å². The largest absolute Gasteiger partial charge is 0.513 e. The normalized spacial score (nSPS) is 13.8. The molecule has 8 nitrogen and oxygen atoms in total. The number of amides is 2. The lowest BCUT2D eigenvalue weighted by Crippen LogP contribution is -2.46. The molecule has 2 amide bonds. The average molecular weight is 469 g/mol. The van der Waals surface area contributed by atoms with E-state index in [1.807, 2.05) is 36.1 Å². The summed E-state index contributed by atoms with van der Waals surface area (Å²) in [6.07, 6.45) is 1.76. The minimum atomic E-state index is -0.778. The van der Waals surface area contributed by atoms with Gasteiger partial charge in [0, 0.05) is 31.1 Å². The Hall–Kier alpha value is -3.55. The zero-order valence-corrected chi connectivity index (χ0v) is 19.7. The molecule has 0 atom stereocenters. The van der Waals surface area contributed by atoms with Crippen LogP contribution in [0.4, 0.5) is 4.79 Å². The number of nitrogens with zero attached hydrogens (tertiary/aromatic N) is 1. The molecule has 0 aromatic heterocycles. The fourth-order valence-electron chi connectivity index (χ4n) is 3.74. The molecule has 2 aromatic rings. The van der Waals surface area contributed by atoms with E-state index in [1.54, 1.807) is 31.2 Å². The van der Waals surface area contributed by atoms with E-state index in [0.29, 0.717) is 56.7 Å². The topological polar surface area (TPSA) is 94.2 Å². The summed E-state index contributed by atoms with van der Waals surface area (Å²) < 4.78 is 15.5. The second-order valence-electron chi connectivity index (χ2n) is 8.16. The van der Waals surface area contributed by atoms with E-state index in [2.05, 4.69) is 5.32 Å². The number of nitrogens with one attached hydrogen (secondary N) is 1.